The maximum absolute atomic E-state index is 13.0. The highest BCUT2D eigenvalue weighted by atomic mass is 16.2. The van der Waals surface area contributed by atoms with Crippen LogP contribution in [-0.4, -0.2) is 21.1 Å². The Kier molecular flexibility index (Phi) is 1.99. The summed E-state index contributed by atoms with van der Waals surface area (Å²) in [7, 11) is 0. The van der Waals surface area contributed by atoms with E-state index in [1.165, 1.54) is 12.1 Å². The molecule has 2 unspecified atom stereocenters. The minimum Gasteiger partial charge on any atom is -0.398 e. The van der Waals surface area contributed by atoms with Gasteiger partial charge in [-0.3, -0.25) is 19.0 Å². The first kappa shape index (κ1) is 8.71. The summed E-state index contributed by atoms with van der Waals surface area (Å²) in [6.45, 7) is -2.87. The molecule has 1 heterocycles. The molecule has 0 radical (unpaired) electrons. The number of fused-ring (bicyclic) bond motifs is 1. The number of nitrogens with two attached hydrogens (primary N) is 1. The third-order valence-electron chi connectivity index (χ3n) is 3.44. The lowest BCUT2D eigenvalue weighted by Gasteiger charge is -2.24. The van der Waals surface area contributed by atoms with Crippen molar-refractivity contribution in [2.45, 2.75) is 32.1 Å². The maximum Gasteiger partial charge on any atom is 0.264 e. The topological polar surface area (TPSA) is 95.0 Å². The molecule has 0 amide bonds. The molecule has 1 aromatic carbocycles. The second kappa shape index (κ2) is 4.80. The van der Waals surface area contributed by atoms with Crippen LogP contribution < -0.4 is 11.3 Å². The average Bonchev–Trinajstić information content (AvgIpc) is 2.50. The van der Waals surface area contributed by atoms with E-state index < -0.39 is 48.7 Å². The second-order valence-electron chi connectivity index (χ2n) is 4.83. The Bertz CT molecular complexity index is 999. The Labute approximate surface area is 127 Å². The monoisotopic (exact) mass is 290 g/mol. The van der Waals surface area contributed by atoms with Crippen molar-refractivity contribution in [1.82, 2.24) is 9.55 Å². The summed E-state index contributed by atoms with van der Waals surface area (Å²) >= 11 is 0. The van der Waals surface area contributed by atoms with E-state index in [4.69, 9.17) is 12.6 Å². The van der Waals surface area contributed by atoms with Crippen LogP contribution in [0.1, 0.15) is 38.0 Å². The number of aromatic nitrogens is 2. The SMILES string of the molecule is [2H]c1ccc(N)c2c(=O)n(C3C(=O)CC(=O)CC3[2H])c(C([2H])([2H])[2H])nc12. The van der Waals surface area contributed by atoms with E-state index in [0.29, 0.717) is 4.57 Å². The Hall–Kier alpha value is -2.50. The molecule has 1 saturated carbocycles. The molecule has 6 nitrogen and oxygen atoms in total. The van der Waals surface area contributed by atoms with Crippen molar-refractivity contribution in [3.63, 3.8) is 0 Å². The van der Waals surface area contributed by atoms with Gasteiger partial charge in [-0.2, -0.15) is 0 Å². The molecule has 0 spiro atoms. The highest BCUT2D eigenvalue weighted by Gasteiger charge is 2.30. The molecule has 21 heavy (non-hydrogen) atoms. The van der Waals surface area contributed by atoms with Gasteiger partial charge in [0.05, 0.1) is 24.7 Å². The van der Waals surface area contributed by atoms with E-state index in [1.807, 2.05) is 0 Å². The van der Waals surface area contributed by atoms with Crippen LogP contribution in [0.25, 0.3) is 10.9 Å². The van der Waals surface area contributed by atoms with Crippen LogP contribution in [0.5, 0.6) is 0 Å². The minimum atomic E-state index is -2.87. The fourth-order valence-electron chi connectivity index (χ4n) is 2.45. The fourth-order valence-corrected chi connectivity index (χ4v) is 2.45. The summed E-state index contributed by atoms with van der Waals surface area (Å²) in [5.74, 6) is -1.84. The van der Waals surface area contributed by atoms with Gasteiger partial charge in [0.25, 0.3) is 5.56 Å². The predicted molar refractivity (Wildman–Crippen MR) is 78.1 cm³/mol. The molecule has 3 rings (SSSR count). The predicted octanol–water partition coefficient (Wildman–Crippen LogP) is 1.15. The third kappa shape index (κ3) is 2.12. The van der Waals surface area contributed by atoms with Crippen molar-refractivity contribution in [2.75, 3.05) is 5.73 Å². The maximum atomic E-state index is 13.0. The first-order valence-electron chi connectivity index (χ1n) is 8.88. The van der Waals surface area contributed by atoms with Gasteiger partial charge in [-0.15, -0.1) is 0 Å². The Morgan fingerprint density at radius 1 is 1.52 bits per heavy atom. The third-order valence-corrected chi connectivity index (χ3v) is 3.44. The lowest BCUT2D eigenvalue weighted by atomic mass is 9.92. The lowest BCUT2D eigenvalue weighted by molar-refractivity contribution is -0.132. The van der Waals surface area contributed by atoms with Gasteiger partial charge in [0, 0.05) is 17.6 Å². The minimum absolute atomic E-state index is 0.0137. The summed E-state index contributed by atoms with van der Waals surface area (Å²) < 4.78 is 39.6. The molecule has 1 aromatic heterocycles. The zero-order chi connectivity index (χ0) is 19.4. The highest BCUT2D eigenvalue weighted by molar-refractivity contribution is 6.03. The van der Waals surface area contributed by atoms with E-state index in [2.05, 4.69) is 4.98 Å². The number of benzene rings is 1. The Morgan fingerprint density at radius 2 is 2.33 bits per heavy atom. The summed E-state index contributed by atoms with van der Waals surface area (Å²) in [4.78, 5) is 40.9. The number of aryl methyl sites for hydroxylation is 1. The van der Waals surface area contributed by atoms with Crippen molar-refractivity contribution in [2.24, 2.45) is 0 Å². The molecule has 0 saturated heterocycles. The number of rotatable bonds is 1. The highest BCUT2D eigenvalue weighted by Crippen LogP contribution is 2.24. The van der Waals surface area contributed by atoms with Gasteiger partial charge in [-0.05, 0) is 25.4 Å². The first-order chi connectivity index (χ1) is 12.0. The molecule has 108 valence electrons. The van der Waals surface area contributed by atoms with Gasteiger partial charge >= 0.3 is 0 Å². The van der Waals surface area contributed by atoms with E-state index in [0.717, 1.165) is 0 Å². The molecule has 2 N–H and O–H groups in total. The number of nitrogen functional groups attached to an aromatic ring is 1. The largest absolute Gasteiger partial charge is 0.398 e. The summed E-state index contributed by atoms with van der Waals surface area (Å²) in [5, 5.41) is -0.178. The molecule has 1 aliphatic rings. The van der Waals surface area contributed by atoms with Gasteiger partial charge in [-0.25, -0.2) is 4.98 Å². The number of anilines is 1. The first-order valence-corrected chi connectivity index (χ1v) is 6.31. The fraction of sp³-hybridized carbons (Fsp3) is 0.333. The number of Topliss-reactive ketones (excluding diaryl/α,β-unsaturated/α-hetero) is 2. The second-order valence-corrected chi connectivity index (χ2v) is 4.83. The smallest absolute Gasteiger partial charge is 0.264 e. The van der Waals surface area contributed by atoms with Crippen LogP contribution in [0.4, 0.5) is 5.69 Å². The van der Waals surface area contributed by atoms with Crippen LogP contribution in [0, 0.1) is 6.85 Å². The molecule has 0 bridgehead atoms. The van der Waals surface area contributed by atoms with Crippen LogP contribution >= 0.6 is 0 Å². The zero-order valence-corrected chi connectivity index (χ0v) is 10.9. The van der Waals surface area contributed by atoms with Crippen molar-refractivity contribution in [1.29, 1.82) is 0 Å². The van der Waals surface area contributed by atoms with Gasteiger partial charge < -0.3 is 5.73 Å². The Balaban J connectivity index is 2.42. The van der Waals surface area contributed by atoms with Crippen molar-refractivity contribution < 1.29 is 16.4 Å². The normalized spacial score (nSPS) is 26.8. The van der Waals surface area contributed by atoms with E-state index in [-0.39, 0.29) is 29.1 Å². The number of hydrogen-bond acceptors (Lipinski definition) is 5. The summed E-state index contributed by atoms with van der Waals surface area (Å²) in [6.07, 6.45) is -2.05. The lowest BCUT2D eigenvalue weighted by Crippen LogP contribution is -2.36. The summed E-state index contributed by atoms with van der Waals surface area (Å²) in [6, 6.07) is 0.977. The van der Waals surface area contributed by atoms with Crippen LogP contribution in [-0.2, 0) is 9.59 Å². The number of hydrogen-bond donors (Lipinski definition) is 1. The van der Waals surface area contributed by atoms with Crippen molar-refractivity contribution in [3.05, 3.63) is 34.4 Å². The summed E-state index contributed by atoms with van der Waals surface area (Å²) in [5.41, 5.74) is 4.71. The van der Waals surface area contributed by atoms with Crippen molar-refractivity contribution >= 4 is 28.2 Å². The number of carbonyl (C=O) groups is 2. The van der Waals surface area contributed by atoms with E-state index >= 15 is 0 Å². The molecular weight excluding hydrogens is 270 g/mol. The van der Waals surface area contributed by atoms with Crippen LogP contribution in [0.15, 0.2) is 23.0 Å². The molecule has 6 heteroatoms. The van der Waals surface area contributed by atoms with E-state index in [9.17, 15) is 14.4 Å². The average molecular weight is 290 g/mol. The number of carbonyl (C=O) groups excluding carboxylic acids is 2. The standard InChI is InChI=1S/C15H15N3O3/c1-8-17-11-4-2-3-10(16)14(11)15(21)18(8)12-6-5-9(19)7-13(12)20/h2-4,12H,5-7,16H2,1H3/i1D3,4D,6D. The van der Waals surface area contributed by atoms with Gasteiger partial charge in [0.1, 0.15) is 11.6 Å². The zero-order valence-electron chi connectivity index (χ0n) is 15.9. The Morgan fingerprint density at radius 3 is 3.05 bits per heavy atom. The van der Waals surface area contributed by atoms with Gasteiger partial charge in [0.15, 0.2) is 5.78 Å². The molecule has 1 fully saturated rings. The van der Waals surface area contributed by atoms with Gasteiger partial charge in [0.2, 0.25) is 0 Å². The molecule has 2 atom stereocenters. The number of nitrogens with zero attached hydrogens (tertiary/aromatic N) is 2. The van der Waals surface area contributed by atoms with E-state index in [1.54, 1.807) is 0 Å². The molecule has 0 aliphatic heterocycles. The molecule has 2 aromatic rings. The van der Waals surface area contributed by atoms with Crippen molar-refractivity contribution in [3.8, 4) is 0 Å². The van der Waals surface area contributed by atoms with Gasteiger partial charge in [-0.1, -0.05) is 6.07 Å². The van der Waals surface area contributed by atoms with Crippen LogP contribution in [0.2, 0.25) is 0 Å². The molecular formula is C15H15N3O3. The quantitative estimate of drug-likeness (QED) is 0.628. The van der Waals surface area contributed by atoms with Crippen LogP contribution in [0.3, 0.4) is 0 Å². The number of ketones is 2. The molecule has 1 aliphatic carbocycles.